The van der Waals surface area contributed by atoms with Gasteiger partial charge in [-0.25, -0.2) is 10.0 Å². The molecule has 2 heterocycles. The molecule has 1 fully saturated rings. The van der Waals surface area contributed by atoms with E-state index in [0.717, 1.165) is 31.5 Å². The van der Waals surface area contributed by atoms with Crippen molar-refractivity contribution in [2.45, 2.75) is 37.3 Å². The van der Waals surface area contributed by atoms with Crippen molar-refractivity contribution >= 4 is 17.5 Å². The molecule has 2 N–H and O–H groups in total. The third kappa shape index (κ3) is 6.33. The van der Waals surface area contributed by atoms with E-state index >= 15 is 0 Å². The van der Waals surface area contributed by atoms with Crippen molar-refractivity contribution in [2.24, 2.45) is 10.1 Å². The van der Waals surface area contributed by atoms with Gasteiger partial charge in [0.15, 0.2) is 11.6 Å². The number of azide groups is 1. The number of aliphatic hydroxyl groups is 1. The van der Waals surface area contributed by atoms with Crippen LogP contribution in [0.5, 0.6) is 11.5 Å². The molecule has 0 unspecified atom stereocenters. The standard InChI is InChI=1S/C31H34N6O5/c1-40-26-10-6-9-23(20-26)28-31(30(39)35-37-16-4-5-17-37,21-24-8-2-3-11-27(24)34-36-32)33-29(42-28)22-12-14-25(15-13-22)41-19-7-18-38/h2-3,6,8-15,20,28,38H,4-5,7,16-19,21H2,1H3,(H,35,39)/t28-,31-/m0/s1. The summed E-state index contributed by atoms with van der Waals surface area (Å²) < 4.78 is 17.8. The lowest BCUT2D eigenvalue weighted by molar-refractivity contribution is -0.133. The predicted molar refractivity (Wildman–Crippen MR) is 158 cm³/mol. The van der Waals surface area contributed by atoms with Crippen molar-refractivity contribution < 1.29 is 24.1 Å². The lowest BCUT2D eigenvalue weighted by Crippen LogP contribution is -2.54. The summed E-state index contributed by atoms with van der Waals surface area (Å²) in [5.74, 6) is 1.27. The Morgan fingerprint density at radius 3 is 2.67 bits per heavy atom. The smallest absolute Gasteiger partial charge is 0.266 e. The second kappa shape index (κ2) is 13.4. The van der Waals surface area contributed by atoms with E-state index in [1.54, 1.807) is 31.4 Å². The summed E-state index contributed by atoms with van der Waals surface area (Å²) in [6, 6.07) is 21.9. The van der Waals surface area contributed by atoms with Gasteiger partial charge in [-0.1, -0.05) is 41.5 Å². The molecule has 11 nitrogen and oxygen atoms in total. The number of nitrogens with one attached hydrogen (secondary N) is 1. The van der Waals surface area contributed by atoms with Crippen LogP contribution in [0.15, 0.2) is 82.9 Å². The summed E-state index contributed by atoms with van der Waals surface area (Å²) in [6.45, 7) is 1.95. The van der Waals surface area contributed by atoms with Gasteiger partial charge in [-0.15, -0.1) is 0 Å². The van der Waals surface area contributed by atoms with Crippen LogP contribution in [0.25, 0.3) is 10.4 Å². The molecule has 3 aromatic carbocycles. The predicted octanol–water partition coefficient (Wildman–Crippen LogP) is 5.02. The highest BCUT2D eigenvalue weighted by Gasteiger charge is 2.54. The van der Waals surface area contributed by atoms with Gasteiger partial charge >= 0.3 is 0 Å². The first kappa shape index (κ1) is 28.9. The highest BCUT2D eigenvalue weighted by atomic mass is 16.5. The van der Waals surface area contributed by atoms with Crippen LogP contribution in [0.2, 0.25) is 0 Å². The molecule has 3 aromatic rings. The molecule has 2 aliphatic heterocycles. The van der Waals surface area contributed by atoms with E-state index in [4.69, 9.17) is 24.3 Å². The van der Waals surface area contributed by atoms with Gasteiger partial charge in [-0.2, -0.15) is 0 Å². The van der Waals surface area contributed by atoms with Gasteiger partial charge in [0.25, 0.3) is 5.91 Å². The maximum absolute atomic E-state index is 14.4. The minimum Gasteiger partial charge on any atom is -0.497 e. The van der Waals surface area contributed by atoms with E-state index in [1.165, 1.54) is 0 Å². The Kier molecular flexibility index (Phi) is 9.23. The zero-order valence-corrected chi connectivity index (χ0v) is 23.5. The van der Waals surface area contributed by atoms with Crippen molar-refractivity contribution in [3.05, 3.63) is 99.9 Å². The summed E-state index contributed by atoms with van der Waals surface area (Å²) in [5, 5.41) is 14.8. The second-order valence-electron chi connectivity index (χ2n) is 10.2. The first-order valence-electron chi connectivity index (χ1n) is 14.0. The lowest BCUT2D eigenvalue weighted by atomic mass is 9.81. The van der Waals surface area contributed by atoms with Crippen LogP contribution in [0, 0.1) is 0 Å². The SMILES string of the molecule is COc1cccc([C@@H]2OC(c3ccc(OCCCO)cc3)=N[C@]2(Cc2ccccc2N=[N+]=[N-])C(=O)NN2CCCC2)c1. The molecule has 2 aliphatic rings. The Balaban J connectivity index is 1.61. The summed E-state index contributed by atoms with van der Waals surface area (Å²) >= 11 is 0. The van der Waals surface area contributed by atoms with Gasteiger partial charge in [-0.05, 0) is 65.9 Å². The number of aliphatic imine (C=N–C) groups is 1. The minimum atomic E-state index is -1.44. The molecular weight excluding hydrogens is 536 g/mol. The fourth-order valence-electron chi connectivity index (χ4n) is 5.25. The highest BCUT2D eigenvalue weighted by molar-refractivity contribution is 6.01. The van der Waals surface area contributed by atoms with Crippen LogP contribution in [0.1, 0.15) is 42.1 Å². The average molecular weight is 571 g/mol. The Labute approximate surface area is 244 Å². The quantitative estimate of drug-likeness (QED) is 0.135. The van der Waals surface area contributed by atoms with E-state index in [0.29, 0.717) is 47.2 Å². The zero-order valence-electron chi connectivity index (χ0n) is 23.5. The minimum absolute atomic E-state index is 0.0543. The number of hydrazine groups is 1. The molecule has 0 spiro atoms. The summed E-state index contributed by atoms with van der Waals surface area (Å²) in [4.78, 5) is 22.4. The van der Waals surface area contributed by atoms with Gasteiger partial charge in [0.05, 0.1) is 13.7 Å². The van der Waals surface area contributed by atoms with E-state index < -0.39 is 11.6 Å². The molecule has 0 bridgehead atoms. The number of aliphatic hydroxyl groups excluding tert-OH is 1. The monoisotopic (exact) mass is 570 g/mol. The molecule has 1 saturated heterocycles. The summed E-state index contributed by atoms with van der Waals surface area (Å²) in [5.41, 5.74) is 13.4. The fraction of sp³-hybridized carbons (Fsp3) is 0.355. The molecule has 2 atom stereocenters. The topological polar surface area (TPSA) is 141 Å². The molecule has 0 saturated carbocycles. The average Bonchev–Trinajstić information content (AvgIpc) is 3.68. The maximum atomic E-state index is 14.4. The molecule has 11 heteroatoms. The van der Waals surface area contributed by atoms with Crippen LogP contribution in [-0.4, -0.2) is 60.9 Å². The molecule has 5 rings (SSSR count). The van der Waals surface area contributed by atoms with Crippen molar-refractivity contribution in [2.75, 3.05) is 33.4 Å². The van der Waals surface area contributed by atoms with Gasteiger partial charge in [0.2, 0.25) is 5.90 Å². The van der Waals surface area contributed by atoms with E-state index in [-0.39, 0.29) is 18.9 Å². The number of hydrogen-bond donors (Lipinski definition) is 2. The Hall–Kier alpha value is -4.57. The van der Waals surface area contributed by atoms with Crippen LogP contribution < -0.4 is 14.9 Å². The number of rotatable bonds is 12. The molecule has 0 radical (unpaired) electrons. The highest BCUT2D eigenvalue weighted by Crippen LogP contribution is 2.44. The first-order chi connectivity index (χ1) is 20.6. The third-order valence-corrected chi connectivity index (χ3v) is 7.40. The molecular formula is C31H34N6O5. The number of hydrogen-bond acceptors (Lipinski definition) is 8. The maximum Gasteiger partial charge on any atom is 0.266 e. The number of carbonyl (C=O) groups is 1. The van der Waals surface area contributed by atoms with E-state index in [2.05, 4.69) is 15.5 Å². The second-order valence-corrected chi connectivity index (χ2v) is 10.2. The first-order valence-corrected chi connectivity index (χ1v) is 14.0. The van der Waals surface area contributed by atoms with Gasteiger partial charge in [0, 0.05) is 48.7 Å². The Morgan fingerprint density at radius 2 is 1.93 bits per heavy atom. The zero-order chi connectivity index (χ0) is 29.4. The Bertz CT molecular complexity index is 1470. The number of amides is 1. The molecule has 0 aliphatic carbocycles. The van der Waals surface area contributed by atoms with Crippen molar-refractivity contribution in [1.29, 1.82) is 0 Å². The van der Waals surface area contributed by atoms with E-state index in [1.807, 2.05) is 53.5 Å². The third-order valence-electron chi connectivity index (χ3n) is 7.40. The van der Waals surface area contributed by atoms with Crippen LogP contribution >= 0.6 is 0 Å². The van der Waals surface area contributed by atoms with Crippen LogP contribution in [0.4, 0.5) is 5.69 Å². The number of benzene rings is 3. The fourth-order valence-corrected chi connectivity index (χ4v) is 5.25. The number of ether oxygens (including phenoxy) is 3. The van der Waals surface area contributed by atoms with Gasteiger partial charge in [0.1, 0.15) is 11.5 Å². The van der Waals surface area contributed by atoms with Gasteiger partial charge in [-0.3, -0.25) is 10.2 Å². The lowest BCUT2D eigenvalue weighted by Gasteiger charge is -2.33. The van der Waals surface area contributed by atoms with Gasteiger partial charge < -0.3 is 19.3 Å². The molecule has 0 aromatic heterocycles. The Morgan fingerprint density at radius 1 is 1.14 bits per heavy atom. The van der Waals surface area contributed by atoms with Crippen LogP contribution in [-0.2, 0) is 16.0 Å². The number of carbonyl (C=O) groups excluding carboxylic acids is 1. The van der Waals surface area contributed by atoms with Crippen molar-refractivity contribution in [3.63, 3.8) is 0 Å². The molecule has 42 heavy (non-hydrogen) atoms. The van der Waals surface area contributed by atoms with Crippen molar-refractivity contribution in [3.8, 4) is 11.5 Å². The molecule has 218 valence electrons. The van der Waals surface area contributed by atoms with Crippen LogP contribution in [0.3, 0.4) is 0 Å². The summed E-state index contributed by atoms with van der Waals surface area (Å²) in [7, 11) is 1.59. The number of nitrogens with zero attached hydrogens (tertiary/aromatic N) is 5. The number of methoxy groups -OCH3 is 1. The normalized spacial score (nSPS) is 19.9. The largest absolute Gasteiger partial charge is 0.497 e. The van der Waals surface area contributed by atoms with Crippen molar-refractivity contribution in [1.82, 2.24) is 10.4 Å². The molecule has 1 amide bonds. The van der Waals surface area contributed by atoms with E-state index in [9.17, 15) is 10.3 Å². The summed E-state index contributed by atoms with van der Waals surface area (Å²) in [6.07, 6.45) is 1.82.